The molecule has 6 heteroatoms. The van der Waals surface area contributed by atoms with Gasteiger partial charge in [0.05, 0.1) is 12.5 Å². The van der Waals surface area contributed by atoms with Crippen molar-refractivity contribution in [3.63, 3.8) is 0 Å². The van der Waals surface area contributed by atoms with E-state index in [9.17, 15) is 9.59 Å². The average Bonchev–Trinajstić information content (AvgIpc) is 2.28. The molecular formula is C14H28O6. The normalized spacial score (nSPS) is 11.9. The number of hydrogen-bond donors (Lipinski definition) is 3. The number of carboxylic acids is 2. The molecule has 0 aromatic heterocycles. The van der Waals surface area contributed by atoms with Crippen LogP contribution in [-0.4, -0.2) is 47.1 Å². The van der Waals surface area contributed by atoms with E-state index in [1.807, 2.05) is 27.7 Å². The van der Waals surface area contributed by atoms with E-state index in [0.29, 0.717) is 24.9 Å². The Kier molecular flexibility index (Phi) is 13.6. The summed E-state index contributed by atoms with van der Waals surface area (Å²) in [6.45, 7) is 8.11. The van der Waals surface area contributed by atoms with E-state index in [1.165, 1.54) is 0 Å². The molecular weight excluding hydrogens is 264 g/mol. The molecule has 0 aliphatic heterocycles. The molecule has 0 rings (SSSR count). The smallest absolute Gasteiger partial charge is 0.329 e. The third kappa shape index (κ3) is 16.9. The molecule has 0 aromatic rings. The molecule has 1 unspecified atom stereocenters. The van der Waals surface area contributed by atoms with Gasteiger partial charge in [0.15, 0.2) is 0 Å². The molecule has 0 fully saturated rings. The molecule has 6 nitrogen and oxygen atoms in total. The summed E-state index contributed by atoms with van der Waals surface area (Å²) in [4.78, 5) is 20.2. The predicted octanol–water partition coefficient (Wildman–Crippen LogP) is 1.86. The minimum atomic E-state index is -0.907. The van der Waals surface area contributed by atoms with Crippen LogP contribution >= 0.6 is 0 Å². The molecule has 0 spiro atoms. The number of carbonyl (C=O) groups is 2. The summed E-state index contributed by atoms with van der Waals surface area (Å²) in [5.41, 5.74) is 0. The molecule has 0 aliphatic carbocycles. The Hall–Kier alpha value is -1.14. The SMILES string of the molecule is CC(C)CCC(CO)C(=O)O.CC(C)COCC(=O)O. The number of carboxylic acid groups (broad SMARTS) is 2. The molecule has 0 saturated carbocycles. The van der Waals surface area contributed by atoms with Gasteiger partial charge in [-0.05, 0) is 18.3 Å². The Morgan fingerprint density at radius 2 is 1.55 bits per heavy atom. The monoisotopic (exact) mass is 292 g/mol. The van der Waals surface area contributed by atoms with Gasteiger partial charge in [-0.1, -0.05) is 34.1 Å². The van der Waals surface area contributed by atoms with Gasteiger partial charge in [0.25, 0.3) is 0 Å². The fraction of sp³-hybridized carbons (Fsp3) is 0.857. The summed E-state index contributed by atoms with van der Waals surface area (Å²) >= 11 is 0. The van der Waals surface area contributed by atoms with Crippen LogP contribution in [0.3, 0.4) is 0 Å². The van der Waals surface area contributed by atoms with Crippen molar-refractivity contribution in [2.75, 3.05) is 19.8 Å². The zero-order valence-corrected chi connectivity index (χ0v) is 12.8. The van der Waals surface area contributed by atoms with Crippen molar-refractivity contribution >= 4 is 11.9 Å². The van der Waals surface area contributed by atoms with Crippen LogP contribution in [0.2, 0.25) is 0 Å². The fourth-order valence-corrected chi connectivity index (χ4v) is 1.21. The molecule has 0 aliphatic rings. The number of aliphatic hydroxyl groups is 1. The lowest BCUT2D eigenvalue weighted by Crippen LogP contribution is -2.18. The van der Waals surface area contributed by atoms with Crippen molar-refractivity contribution in [1.82, 2.24) is 0 Å². The zero-order chi connectivity index (χ0) is 16.1. The standard InChI is InChI=1S/C8H16O3.C6H12O3/c1-6(2)3-4-7(5-9)8(10)11;1-5(2)3-9-4-6(7)8/h6-7,9H,3-5H2,1-2H3,(H,10,11);5H,3-4H2,1-2H3,(H,7,8). The number of aliphatic carboxylic acids is 2. The quantitative estimate of drug-likeness (QED) is 0.599. The van der Waals surface area contributed by atoms with E-state index in [4.69, 9.17) is 20.1 Å². The van der Waals surface area contributed by atoms with Crippen LogP contribution in [0, 0.1) is 17.8 Å². The topological polar surface area (TPSA) is 104 Å². The first-order chi connectivity index (χ1) is 9.20. The van der Waals surface area contributed by atoms with Gasteiger partial charge in [-0.3, -0.25) is 4.79 Å². The van der Waals surface area contributed by atoms with Gasteiger partial charge in [-0.15, -0.1) is 0 Å². The Bertz CT molecular complexity index is 262. The highest BCUT2D eigenvalue weighted by atomic mass is 16.5. The highest BCUT2D eigenvalue weighted by Gasteiger charge is 2.15. The van der Waals surface area contributed by atoms with E-state index in [0.717, 1.165) is 6.42 Å². The Labute approximate surface area is 120 Å². The first kappa shape index (κ1) is 21.2. The summed E-state index contributed by atoms with van der Waals surface area (Å²) in [5.74, 6) is -1.46. The van der Waals surface area contributed by atoms with E-state index in [-0.39, 0.29) is 13.2 Å². The molecule has 0 amide bonds. The van der Waals surface area contributed by atoms with Gasteiger partial charge in [-0.2, -0.15) is 0 Å². The van der Waals surface area contributed by atoms with Crippen LogP contribution in [0.4, 0.5) is 0 Å². The van der Waals surface area contributed by atoms with Gasteiger partial charge >= 0.3 is 11.9 Å². The van der Waals surface area contributed by atoms with Crippen LogP contribution < -0.4 is 0 Å². The van der Waals surface area contributed by atoms with Crippen molar-refractivity contribution in [3.8, 4) is 0 Å². The maximum atomic E-state index is 10.4. The highest BCUT2D eigenvalue weighted by molar-refractivity contribution is 5.70. The van der Waals surface area contributed by atoms with Crippen LogP contribution in [0.1, 0.15) is 40.5 Å². The van der Waals surface area contributed by atoms with Crippen LogP contribution in [0.25, 0.3) is 0 Å². The molecule has 0 aromatic carbocycles. The van der Waals surface area contributed by atoms with E-state index in [2.05, 4.69) is 0 Å². The van der Waals surface area contributed by atoms with Gasteiger partial charge < -0.3 is 20.1 Å². The predicted molar refractivity (Wildman–Crippen MR) is 75.6 cm³/mol. The second-order valence-corrected chi connectivity index (χ2v) is 5.49. The Balaban J connectivity index is 0. The van der Waals surface area contributed by atoms with E-state index >= 15 is 0 Å². The van der Waals surface area contributed by atoms with Crippen molar-refractivity contribution in [2.45, 2.75) is 40.5 Å². The molecule has 120 valence electrons. The van der Waals surface area contributed by atoms with Gasteiger partial charge in [0, 0.05) is 6.61 Å². The number of ether oxygens (including phenoxy) is 1. The Morgan fingerprint density at radius 3 is 1.85 bits per heavy atom. The average molecular weight is 292 g/mol. The van der Waals surface area contributed by atoms with Crippen molar-refractivity contribution < 1.29 is 29.6 Å². The van der Waals surface area contributed by atoms with E-state index in [1.54, 1.807) is 0 Å². The van der Waals surface area contributed by atoms with Crippen LogP contribution in [0.15, 0.2) is 0 Å². The minimum Gasteiger partial charge on any atom is -0.481 e. The molecule has 0 radical (unpaired) electrons. The molecule has 0 saturated heterocycles. The molecule has 1 atom stereocenters. The molecule has 3 N–H and O–H groups in total. The Morgan fingerprint density at radius 1 is 1.00 bits per heavy atom. The van der Waals surface area contributed by atoms with Crippen molar-refractivity contribution in [2.24, 2.45) is 17.8 Å². The lowest BCUT2D eigenvalue weighted by Gasteiger charge is -2.09. The third-order valence-electron chi connectivity index (χ3n) is 2.34. The molecule has 0 bridgehead atoms. The second kappa shape index (κ2) is 12.9. The van der Waals surface area contributed by atoms with Gasteiger partial charge in [-0.25, -0.2) is 4.79 Å². The summed E-state index contributed by atoms with van der Waals surface area (Å²) in [5, 5.41) is 25.3. The summed E-state index contributed by atoms with van der Waals surface area (Å²) in [6, 6.07) is 0. The largest absolute Gasteiger partial charge is 0.481 e. The summed E-state index contributed by atoms with van der Waals surface area (Å²) in [6.07, 6.45) is 1.43. The third-order valence-corrected chi connectivity index (χ3v) is 2.34. The molecule has 0 heterocycles. The van der Waals surface area contributed by atoms with E-state index < -0.39 is 17.9 Å². The molecule has 20 heavy (non-hydrogen) atoms. The highest BCUT2D eigenvalue weighted by Crippen LogP contribution is 2.11. The zero-order valence-electron chi connectivity index (χ0n) is 12.8. The first-order valence-corrected chi connectivity index (χ1v) is 6.83. The van der Waals surface area contributed by atoms with Crippen LogP contribution in [-0.2, 0) is 14.3 Å². The van der Waals surface area contributed by atoms with Crippen molar-refractivity contribution in [3.05, 3.63) is 0 Å². The maximum absolute atomic E-state index is 10.4. The van der Waals surface area contributed by atoms with Gasteiger partial charge in [0.1, 0.15) is 6.61 Å². The first-order valence-electron chi connectivity index (χ1n) is 6.83. The number of aliphatic hydroxyl groups excluding tert-OH is 1. The lowest BCUT2D eigenvalue weighted by atomic mass is 9.99. The number of hydrogen-bond acceptors (Lipinski definition) is 4. The fourth-order valence-electron chi connectivity index (χ4n) is 1.21. The summed E-state index contributed by atoms with van der Waals surface area (Å²) < 4.78 is 4.76. The van der Waals surface area contributed by atoms with Crippen LogP contribution in [0.5, 0.6) is 0 Å². The maximum Gasteiger partial charge on any atom is 0.329 e. The van der Waals surface area contributed by atoms with Crippen molar-refractivity contribution in [1.29, 1.82) is 0 Å². The summed E-state index contributed by atoms with van der Waals surface area (Å²) in [7, 11) is 0. The number of rotatable bonds is 9. The van der Waals surface area contributed by atoms with Gasteiger partial charge in [0.2, 0.25) is 0 Å². The minimum absolute atomic E-state index is 0.182. The second-order valence-electron chi connectivity index (χ2n) is 5.49. The lowest BCUT2D eigenvalue weighted by molar-refractivity contribution is -0.144.